The standard InChI is InChI=1S/C22H20N2O2S/c25-22(23-13-18-9-6-12-26-18)16-27-21-15-24(14-17-7-2-1-3-8-17)20-11-5-4-10-19(20)21/h1-12,15H,13-14,16H2,(H,23,25). The van der Waals surface area contributed by atoms with Crippen molar-refractivity contribution in [1.82, 2.24) is 9.88 Å². The van der Waals surface area contributed by atoms with Crippen molar-refractivity contribution in [1.29, 1.82) is 0 Å². The van der Waals surface area contributed by atoms with Crippen LogP contribution in [0.15, 0.2) is 88.5 Å². The molecule has 0 saturated carbocycles. The predicted molar refractivity (Wildman–Crippen MR) is 109 cm³/mol. The zero-order valence-electron chi connectivity index (χ0n) is 14.8. The monoisotopic (exact) mass is 376 g/mol. The number of thioether (sulfide) groups is 1. The lowest BCUT2D eigenvalue weighted by Gasteiger charge is -2.05. The molecule has 136 valence electrons. The van der Waals surface area contributed by atoms with Crippen LogP contribution in [0.3, 0.4) is 0 Å². The number of hydrogen-bond donors (Lipinski definition) is 1. The van der Waals surface area contributed by atoms with Crippen LogP contribution in [0.25, 0.3) is 10.9 Å². The van der Waals surface area contributed by atoms with Gasteiger partial charge in [-0.05, 0) is 23.8 Å². The average molecular weight is 376 g/mol. The largest absolute Gasteiger partial charge is 0.467 e. The van der Waals surface area contributed by atoms with Crippen molar-refractivity contribution >= 4 is 28.6 Å². The maximum Gasteiger partial charge on any atom is 0.230 e. The highest BCUT2D eigenvalue weighted by Crippen LogP contribution is 2.30. The van der Waals surface area contributed by atoms with E-state index in [1.165, 1.54) is 16.5 Å². The summed E-state index contributed by atoms with van der Waals surface area (Å²) in [5, 5.41) is 4.07. The van der Waals surface area contributed by atoms with E-state index in [9.17, 15) is 4.79 Å². The van der Waals surface area contributed by atoms with Crippen molar-refractivity contribution < 1.29 is 9.21 Å². The first-order chi connectivity index (χ1) is 13.3. The minimum absolute atomic E-state index is 0.00343. The van der Waals surface area contributed by atoms with Crippen LogP contribution < -0.4 is 5.32 Å². The second kappa shape index (κ2) is 8.18. The Morgan fingerprint density at radius 3 is 2.63 bits per heavy atom. The zero-order valence-corrected chi connectivity index (χ0v) is 15.6. The molecule has 0 saturated heterocycles. The Kier molecular flexibility index (Phi) is 5.30. The first kappa shape index (κ1) is 17.5. The number of furan rings is 1. The van der Waals surface area contributed by atoms with E-state index in [4.69, 9.17) is 4.42 Å². The van der Waals surface area contributed by atoms with Crippen molar-refractivity contribution in [3.63, 3.8) is 0 Å². The highest BCUT2D eigenvalue weighted by Gasteiger charge is 2.11. The summed E-state index contributed by atoms with van der Waals surface area (Å²) in [6.45, 7) is 1.23. The summed E-state index contributed by atoms with van der Waals surface area (Å²) >= 11 is 1.56. The molecule has 0 aliphatic heterocycles. The number of hydrogen-bond acceptors (Lipinski definition) is 3. The van der Waals surface area contributed by atoms with E-state index >= 15 is 0 Å². The highest BCUT2D eigenvalue weighted by atomic mass is 32.2. The molecule has 0 atom stereocenters. The number of para-hydroxylation sites is 1. The molecule has 2 heterocycles. The van der Waals surface area contributed by atoms with Crippen LogP contribution in [0, 0.1) is 0 Å². The lowest BCUT2D eigenvalue weighted by Crippen LogP contribution is -2.24. The van der Waals surface area contributed by atoms with Gasteiger partial charge in [-0.25, -0.2) is 0 Å². The number of carbonyl (C=O) groups excluding carboxylic acids is 1. The quantitative estimate of drug-likeness (QED) is 0.476. The molecule has 1 N–H and O–H groups in total. The third-order valence-corrected chi connectivity index (χ3v) is 5.39. The smallest absolute Gasteiger partial charge is 0.230 e. The first-order valence-corrected chi connectivity index (χ1v) is 9.82. The molecule has 0 bridgehead atoms. The van der Waals surface area contributed by atoms with Crippen molar-refractivity contribution in [2.45, 2.75) is 18.0 Å². The van der Waals surface area contributed by atoms with Crippen LogP contribution in [0.4, 0.5) is 0 Å². The molecule has 27 heavy (non-hydrogen) atoms. The van der Waals surface area contributed by atoms with E-state index in [-0.39, 0.29) is 5.91 Å². The molecule has 0 aliphatic carbocycles. The van der Waals surface area contributed by atoms with Crippen LogP contribution in [0.1, 0.15) is 11.3 Å². The maximum absolute atomic E-state index is 12.2. The highest BCUT2D eigenvalue weighted by molar-refractivity contribution is 8.00. The zero-order chi connectivity index (χ0) is 18.5. The van der Waals surface area contributed by atoms with E-state index in [0.717, 1.165) is 17.2 Å². The number of rotatable bonds is 7. The lowest BCUT2D eigenvalue weighted by atomic mass is 10.2. The lowest BCUT2D eigenvalue weighted by molar-refractivity contribution is -0.118. The SMILES string of the molecule is O=C(CSc1cn(Cc2ccccc2)c2ccccc12)NCc1ccco1. The topological polar surface area (TPSA) is 47.2 Å². The van der Waals surface area contributed by atoms with Gasteiger partial charge in [0.15, 0.2) is 0 Å². The Balaban J connectivity index is 1.46. The van der Waals surface area contributed by atoms with Crippen LogP contribution >= 0.6 is 11.8 Å². The number of benzene rings is 2. The Hall–Kier alpha value is -2.92. The fourth-order valence-electron chi connectivity index (χ4n) is 3.03. The molecular formula is C22H20N2O2S. The van der Waals surface area contributed by atoms with Gasteiger partial charge in [0.05, 0.1) is 18.6 Å². The Bertz CT molecular complexity index is 1020. The Morgan fingerprint density at radius 2 is 1.81 bits per heavy atom. The second-order valence-corrected chi connectivity index (χ2v) is 7.29. The summed E-state index contributed by atoms with van der Waals surface area (Å²) in [4.78, 5) is 13.3. The second-order valence-electron chi connectivity index (χ2n) is 6.27. The molecule has 5 heteroatoms. The minimum atomic E-state index is -0.00343. The van der Waals surface area contributed by atoms with E-state index in [1.54, 1.807) is 18.0 Å². The minimum Gasteiger partial charge on any atom is -0.467 e. The van der Waals surface area contributed by atoms with E-state index in [1.807, 2.05) is 30.3 Å². The van der Waals surface area contributed by atoms with Crippen molar-refractivity contribution in [3.8, 4) is 0 Å². The summed E-state index contributed by atoms with van der Waals surface area (Å²) in [6, 6.07) is 22.4. The molecule has 2 aromatic carbocycles. The van der Waals surface area contributed by atoms with Crippen molar-refractivity contribution in [2.75, 3.05) is 5.75 Å². The summed E-state index contributed by atoms with van der Waals surface area (Å²) in [5.41, 5.74) is 2.44. The Labute approximate surface area is 162 Å². The van der Waals surface area contributed by atoms with E-state index < -0.39 is 0 Å². The average Bonchev–Trinajstić information content (AvgIpc) is 3.34. The molecule has 0 spiro atoms. The van der Waals surface area contributed by atoms with Gasteiger partial charge in [-0.15, -0.1) is 11.8 Å². The molecule has 4 rings (SSSR count). The van der Waals surface area contributed by atoms with Crippen LogP contribution in [0.2, 0.25) is 0 Å². The van der Waals surface area contributed by atoms with E-state index in [0.29, 0.717) is 12.3 Å². The number of amides is 1. The van der Waals surface area contributed by atoms with Crippen LogP contribution in [0.5, 0.6) is 0 Å². The van der Waals surface area contributed by atoms with Gasteiger partial charge in [-0.1, -0.05) is 48.5 Å². The van der Waals surface area contributed by atoms with Gasteiger partial charge in [0.1, 0.15) is 5.76 Å². The van der Waals surface area contributed by atoms with Gasteiger partial charge in [-0.2, -0.15) is 0 Å². The molecule has 4 aromatic rings. The molecule has 0 fully saturated rings. The fraction of sp³-hybridized carbons (Fsp3) is 0.136. The number of nitrogens with zero attached hydrogens (tertiary/aromatic N) is 1. The Morgan fingerprint density at radius 1 is 1.00 bits per heavy atom. The number of aromatic nitrogens is 1. The third-order valence-electron chi connectivity index (χ3n) is 4.35. The fourth-order valence-corrected chi connectivity index (χ4v) is 3.95. The number of carbonyl (C=O) groups is 1. The summed E-state index contributed by atoms with van der Waals surface area (Å²) in [7, 11) is 0. The number of nitrogens with one attached hydrogen (secondary N) is 1. The molecule has 1 amide bonds. The maximum atomic E-state index is 12.2. The molecule has 4 nitrogen and oxygen atoms in total. The number of fused-ring (bicyclic) bond motifs is 1. The van der Waals surface area contributed by atoms with Crippen molar-refractivity contribution in [2.24, 2.45) is 0 Å². The first-order valence-electron chi connectivity index (χ1n) is 8.83. The molecular weight excluding hydrogens is 356 g/mol. The van der Waals surface area contributed by atoms with Gasteiger partial charge in [0.25, 0.3) is 0 Å². The molecule has 2 aromatic heterocycles. The predicted octanol–water partition coefficient (Wildman–Crippen LogP) is 4.69. The molecule has 0 unspecified atom stereocenters. The summed E-state index contributed by atoms with van der Waals surface area (Å²) < 4.78 is 7.48. The molecule has 0 radical (unpaired) electrons. The summed E-state index contributed by atoms with van der Waals surface area (Å²) in [5.74, 6) is 1.13. The van der Waals surface area contributed by atoms with E-state index in [2.05, 4.69) is 52.5 Å². The van der Waals surface area contributed by atoms with Gasteiger partial charge in [-0.3, -0.25) is 4.79 Å². The van der Waals surface area contributed by atoms with Crippen LogP contribution in [-0.2, 0) is 17.9 Å². The van der Waals surface area contributed by atoms with Crippen LogP contribution in [-0.4, -0.2) is 16.2 Å². The summed E-state index contributed by atoms with van der Waals surface area (Å²) in [6.07, 6.45) is 3.75. The normalized spacial score (nSPS) is 11.0. The van der Waals surface area contributed by atoms with Gasteiger partial charge in [0, 0.05) is 28.5 Å². The van der Waals surface area contributed by atoms with Gasteiger partial charge in [0.2, 0.25) is 5.91 Å². The molecule has 0 aliphatic rings. The van der Waals surface area contributed by atoms with Crippen molar-refractivity contribution in [3.05, 3.63) is 90.5 Å². The third kappa shape index (κ3) is 4.26. The van der Waals surface area contributed by atoms with Gasteiger partial charge >= 0.3 is 0 Å². The van der Waals surface area contributed by atoms with Gasteiger partial charge < -0.3 is 14.3 Å².